The van der Waals surface area contributed by atoms with E-state index in [1.807, 2.05) is 0 Å². The van der Waals surface area contributed by atoms with Crippen molar-refractivity contribution in [3.8, 4) is 0 Å². The zero-order valence-corrected chi connectivity index (χ0v) is 11.4. The van der Waals surface area contributed by atoms with Crippen molar-refractivity contribution in [3.05, 3.63) is 0 Å². The fourth-order valence-electron chi connectivity index (χ4n) is 1.36. The summed E-state index contributed by atoms with van der Waals surface area (Å²) in [7, 11) is -3.34. The summed E-state index contributed by atoms with van der Waals surface area (Å²) < 4.78 is 27.6. The molecule has 0 amide bonds. The smallest absolute Gasteiger partial charge is 0.306 e. The van der Waals surface area contributed by atoms with Crippen LogP contribution in [0, 0.1) is 5.92 Å². The Morgan fingerprint density at radius 2 is 1.76 bits per heavy atom. The molecule has 0 radical (unpaired) electrons. The standard InChI is InChI=1S/C11H20O5S/c1-4-16-11(13)6-5-10(12)8-17(14,15)7-9(2)3/h9H,4-8H2,1-3H3. The molecule has 17 heavy (non-hydrogen) atoms. The summed E-state index contributed by atoms with van der Waals surface area (Å²) in [6.07, 6.45) is -0.125. The number of hydrogen-bond donors (Lipinski definition) is 0. The van der Waals surface area contributed by atoms with E-state index in [9.17, 15) is 18.0 Å². The molecule has 5 nitrogen and oxygen atoms in total. The van der Waals surface area contributed by atoms with Gasteiger partial charge in [-0.3, -0.25) is 9.59 Å². The van der Waals surface area contributed by atoms with E-state index in [2.05, 4.69) is 4.74 Å². The first-order chi connectivity index (χ1) is 7.76. The summed E-state index contributed by atoms with van der Waals surface area (Å²) in [5.74, 6) is -1.39. The predicted octanol–water partition coefficient (Wildman–Crippen LogP) is 0.970. The molecule has 0 rings (SSSR count). The Morgan fingerprint density at radius 3 is 2.24 bits per heavy atom. The lowest BCUT2D eigenvalue weighted by Gasteiger charge is -2.06. The highest BCUT2D eigenvalue weighted by atomic mass is 32.2. The van der Waals surface area contributed by atoms with Crippen LogP contribution in [-0.4, -0.2) is 38.3 Å². The maximum absolute atomic E-state index is 11.5. The SMILES string of the molecule is CCOC(=O)CCC(=O)CS(=O)(=O)CC(C)C. The molecule has 0 aliphatic heterocycles. The lowest BCUT2D eigenvalue weighted by molar-refractivity contribution is -0.144. The monoisotopic (exact) mass is 264 g/mol. The van der Waals surface area contributed by atoms with E-state index in [1.165, 1.54) is 0 Å². The number of esters is 1. The molecule has 0 aliphatic carbocycles. The topological polar surface area (TPSA) is 77.5 Å². The van der Waals surface area contributed by atoms with Gasteiger partial charge in [-0.15, -0.1) is 0 Å². The number of ether oxygens (including phenoxy) is 1. The van der Waals surface area contributed by atoms with Gasteiger partial charge in [-0.1, -0.05) is 13.8 Å². The zero-order chi connectivity index (χ0) is 13.5. The Bertz CT molecular complexity index is 356. The molecule has 0 saturated heterocycles. The second kappa shape index (κ2) is 7.42. The van der Waals surface area contributed by atoms with Crippen molar-refractivity contribution >= 4 is 21.6 Å². The average molecular weight is 264 g/mol. The number of carbonyl (C=O) groups is 2. The molecule has 0 atom stereocenters. The molecule has 0 N–H and O–H groups in total. The molecule has 0 bridgehead atoms. The van der Waals surface area contributed by atoms with Crippen LogP contribution in [0.1, 0.15) is 33.6 Å². The first kappa shape index (κ1) is 16.1. The van der Waals surface area contributed by atoms with Crippen LogP contribution in [0.5, 0.6) is 0 Å². The van der Waals surface area contributed by atoms with E-state index in [0.717, 1.165) is 0 Å². The Balaban J connectivity index is 4.06. The summed E-state index contributed by atoms with van der Waals surface area (Å²) >= 11 is 0. The molecule has 0 aliphatic rings. The molecule has 0 heterocycles. The van der Waals surface area contributed by atoms with Crippen molar-refractivity contribution in [2.45, 2.75) is 33.6 Å². The molecule has 0 saturated carbocycles. The van der Waals surface area contributed by atoms with Crippen LogP contribution in [0.4, 0.5) is 0 Å². The quantitative estimate of drug-likeness (QED) is 0.610. The van der Waals surface area contributed by atoms with Crippen molar-refractivity contribution in [2.75, 3.05) is 18.1 Å². The van der Waals surface area contributed by atoms with Crippen LogP contribution in [0.15, 0.2) is 0 Å². The average Bonchev–Trinajstić information content (AvgIpc) is 2.12. The van der Waals surface area contributed by atoms with Gasteiger partial charge < -0.3 is 4.74 Å². The summed E-state index contributed by atoms with van der Waals surface area (Å²) in [5.41, 5.74) is 0. The number of hydrogen-bond acceptors (Lipinski definition) is 5. The molecule has 6 heteroatoms. The van der Waals surface area contributed by atoms with E-state index in [1.54, 1.807) is 20.8 Å². The number of ketones is 1. The predicted molar refractivity (Wildman–Crippen MR) is 64.4 cm³/mol. The van der Waals surface area contributed by atoms with Crippen LogP contribution in [0.3, 0.4) is 0 Å². The van der Waals surface area contributed by atoms with Crippen molar-refractivity contribution in [3.63, 3.8) is 0 Å². The largest absolute Gasteiger partial charge is 0.466 e. The highest BCUT2D eigenvalue weighted by Crippen LogP contribution is 2.03. The van der Waals surface area contributed by atoms with Crippen molar-refractivity contribution in [2.24, 2.45) is 5.92 Å². The second-order valence-corrected chi connectivity index (χ2v) is 6.40. The van der Waals surface area contributed by atoms with Crippen LogP contribution in [0.25, 0.3) is 0 Å². The molecule has 0 aromatic carbocycles. The molecular formula is C11H20O5S. The van der Waals surface area contributed by atoms with Crippen LogP contribution in [0.2, 0.25) is 0 Å². The van der Waals surface area contributed by atoms with E-state index in [4.69, 9.17) is 0 Å². The molecule has 0 spiro atoms. The van der Waals surface area contributed by atoms with E-state index >= 15 is 0 Å². The fraction of sp³-hybridized carbons (Fsp3) is 0.818. The first-order valence-corrected chi connectivity index (χ1v) is 7.46. The zero-order valence-electron chi connectivity index (χ0n) is 10.6. The van der Waals surface area contributed by atoms with E-state index in [0.29, 0.717) is 0 Å². The number of carbonyl (C=O) groups excluding carboxylic acids is 2. The lowest BCUT2D eigenvalue weighted by atomic mass is 10.2. The van der Waals surface area contributed by atoms with Gasteiger partial charge in [-0.2, -0.15) is 0 Å². The minimum absolute atomic E-state index is 0.00184. The maximum Gasteiger partial charge on any atom is 0.306 e. The molecular weight excluding hydrogens is 244 g/mol. The number of Topliss-reactive ketones (excluding diaryl/α,β-unsaturated/α-hetero) is 1. The van der Waals surface area contributed by atoms with Gasteiger partial charge in [0.2, 0.25) is 0 Å². The minimum atomic E-state index is -3.34. The summed E-state index contributed by atoms with van der Waals surface area (Å²) in [6.45, 7) is 5.49. The molecule has 0 aromatic rings. The Hall–Kier alpha value is -0.910. The summed E-state index contributed by atoms with van der Waals surface area (Å²) in [5, 5.41) is 0. The molecule has 0 fully saturated rings. The van der Waals surface area contributed by atoms with Gasteiger partial charge in [0.15, 0.2) is 9.84 Å². The van der Waals surface area contributed by atoms with Crippen molar-refractivity contribution in [1.29, 1.82) is 0 Å². The highest BCUT2D eigenvalue weighted by molar-refractivity contribution is 7.92. The van der Waals surface area contributed by atoms with Crippen LogP contribution in [-0.2, 0) is 24.2 Å². The third-order valence-corrected chi connectivity index (χ3v) is 3.82. The normalized spacial score (nSPS) is 11.5. The van der Waals surface area contributed by atoms with E-state index < -0.39 is 27.3 Å². The molecule has 0 aromatic heterocycles. The number of sulfone groups is 1. The Morgan fingerprint density at radius 1 is 1.18 bits per heavy atom. The third-order valence-electron chi connectivity index (χ3n) is 1.88. The first-order valence-electron chi connectivity index (χ1n) is 5.64. The minimum Gasteiger partial charge on any atom is -0.466 e. The number of rotatable bonds is 8. The van der Waals surface area contributed by atoms with Gasteiger partial charge >= 0.3 is 5.97 Å². The molecule has 0 unspecified atom stereocenters. The molecule has 100 valence electrons. The highest BCUT2D eigenvalue weighted by Gasteiger charge is 2.18. The van der Waals surface area contributed by atoms with Gasteiger partial charge in [0.05, 0.1) is 18.8 Å². The second-order valence-electron chi connectivity index (χ2n) is 4.29. The van der Waals surface area contributed by atoms with Crippen LogP contribution >= 0.6 is 0 Å². The van der Waals surface area contributed by atoms with E-state index in [-0.39, 0.29) is 31.1 Å². The fourth-order valence-corrected chi connectivity index (χ4v) is 3.13. The van der Waals surface area contributed by atoms with Crippen LogP contribution < -0.4 is 0 Å². The van der Waals surface area contributed by atoms with Gasteiger partial charge in [-0.25, -0.2) is 8.42 Å². The van der Waals surface area contributed by atoms with Gasteiger partial charge in [0.25, 0.3) is 0 Å². The van der Waals surface area contributed by atoms with Crippen molar-refractivity contribution < 1.29 is 22.7 Å². The Kier molecular flexibility index (Phi) is 7.03. The van der Waals surface area contributed by atoms with Gasteiger partial charge in [0.1, 0.15) is 11.5 Å². The summed E-state index contributed by atoms with van der Waals surface area (Å²) in [4.78, 5) is 22.3. The summed E-state index contributed by atoms with van der Waals surface area (Å²) in [6, 6.07) is 0. The third kappa shape index (κ3) is 8.85. The lowest BCUT2D eigenvalue weighted by Crippen LogP contribution is -2.22. The van der Waals surface area contributed by atoms with Crippen molar-refractivity contribution in [1.82, 2.24) is 0 Å². The van der Waals surface area contributed by atoms with Gasteiger partial charge in [-0.05, 0) is 12.8 Å². The Labute approximate surface area is 102 Å². The maximum atomic E-state index is 11.5. The van der Waals surface area contributed by atoms with Gasteiger partial charge in [0, 0.05) is 6.42 Å².